The summed E-state index contributed by atoms with van der Waals surface area (Å²) in [5.41, 5.74) is 1.12. The van der Waals surface area contributed by atoms with Crippen molar-refractivity contribution in [3.63, 3.8) is 0 Å². The first-order valence-corrected chi connectivity index (χ1v) is 7.71. The van der Waals surface area contributed by atoms with Gasteiger partial charge in [0.2, 0.25) is 5.91 Å². The largest absolute Gasteiger partial charge is 0.492 e. The summed E-state index contributed by atoms with van der Waals surface area (Å²) in [6, 6.07) is 12.1. The zero-order valence-electron chi connectivity index (χ0n) is 11.2. The van der Waals surface area contributed by atoms with E-state index in [0.29, 0.717) is 13.2 Å². The highest BCUT2D eigenvalue weighted by Crippen LogP contribution is 2.26. The second kappa shape index (κ2) is 6.09. The Labute approximate surface area is 122 Å². The number of ether oxygens (including phenoxy) is 1. The molecule has 1 amide bonds. The maximum Gasteiger partial charge on any atom is 0.226 e. The molecule has 1 N–H and O–H groups in total. The first kappa shape index (κ1) is 13.2. The third-order valence-electron chi connectivity index (χ3n) is 3.50. The minimum absolute atomic E-state index is 0.0757. The molecule has 0 aliphatic carbocycles. The molecule has 2 heterocycles. The molecule has 0 saturated heterocycles. The molecule has 1 aromatic heterocycles. The molecule has 3 nitrogen and oxygen atoms in total. The average Bonchev–Trinajstić information content (AvgIpc) is 3.00. The summed E-state index contributed by atoms with van der Waals surface area (Å²) in [5, 5.41) is 5.07. The summed E-state index contributed by atoms with van der Waals surface area (Å²) in [4.78, 5) is 13.5. The van der Waals surface area contributed by atoms with Crippen molar-refractivity contribution < 1.29 is 9.53 Å². The van der Waals surface area contributed by atoms with Crippen LogP contribution in [0.15, 0.2) is 41.8 Å². The Kier molecular flexibility index (Phi) is 4.02. The standard InChI is InChI=1S/C16H17NO2S/c18-16(17-8-7-14-5-3-9-20-14)13-10-12-4-1-2-6-15(12)19-11-13/h1-6,9,13H,7-8,10-11H2,(H,17,18). The van der Waals surface area contributed by atoms with E-state index in [1.165, 1.54) is 4.88 Å². The van der Waals surface area contributed by atoms with Gasteiger partial charge in [0.25, 0.3) is 0 Å². The summed E-state index contributed by atoms with van der Waals surface area (Å²) in [5.74, 6) is 0.930. The van der Waals surface area contributed by atoms with Crippen LogP contribution in [0.3, 0.4) is 0 Å². The van der Waals surface area contributed by atoms with Crippen molar-refractivity contribution in [3.05, 3.63) is 52.2 Å². The SMILES string of the molecule is O=C(NCCc1cccs1)C1COc2ccccc2C1. The number of fused-ring (bicyclic) bond motifs is 1. The molecule has 1 unspecified atom stereocenters. The minimum Gasteiger partial charge on any atom is -0.492 e. The van der Waals surface area contributed by atoms with Gasteiger partial charge in [0.1, 0.15) is 12.4 Å². The number of amides is 1. The summed E-state index contributed by atoms with van der Waals surface area (Å²) in [6.45, 7) is 1.17. The zero-order valence-corrected chi connectivity index (χ0v) is 12.0. The average molecular weight is 287 g/mol. The van der Waals surface area contributed by atoms with Gasteiger partial charge in [-0.3, -0.25) is 4.79 Å². The molecule has 4 heteroatoms. The molecule has 1 atom stereocenters. The molecule has 20 heavy (non-hydrogen) atoms. The molecular formula is C16H17NO2S. The van der Waals surface area contributed by atoms with Crippen molar-refractivity contribution in [3.8, 4) is 5.75 Å². The van der Waals surface area contributed by atoms with Crippen molar-refractivity contribution in [1.82, 2.24) is 5.32 Å². The Morgan fingerprint density at radius 3 is 3.05 bits per heavy atom. The molecule has 3 rings (SSSR count). The Morgan fingerprint density at radius 1 is 1.30 bits per heavy atom. The highest BCUT2D eigenvalue weighted by Gasteiger charge is 2.25. The second-order valence-corrected chi connectivity index (χ2v) is 5.97. The van der Waals surface area contributed by atoms with Gasteiger partial charge in [-0.05, 0) is 35.9 Å². The van der Waals surface area contributed by atoms with Gasteiger partial charge >= 0.3 is 0 Å². The lowest BCUT2D eigenvalue weighted by Gasteiger charge is -2.24. The molecular weight excluding hydrogens is 270 g/mol. The minimum atomic E-state index is -0.0757. The number of carbonyl (C=O) groups excluding carboxylic acids is 1. The molecule has 0 saturated carbocycles. The van der Waals surface area contributed by atoms with Crippen molar-refractivity contribution in [2.75, 3.05) is 13.2 Å². The topological polar surface area (TPSA) is 38.3 Å². The van der Waals surface area contributed by atoms with E-state index in [9.17, 15) is 4.79 Å². The smallest absolute Gasteiger partial charge is 0.226 e. The molecule has 1 aliphatic rings. The third-order valence-corrected chi connectivity index (χ3v) is 4.44. The van der Waals surface area contributed by atoms with Gasteiger partial charge < -0.3 is 10.1 Å². The van der Waals surface area contributed by atoms with Gasteiger partial charge in [0, 0.05) is 11.4 Å². The van der Waals surface area contributed by atoms with Gasteiger partial charge in [-0.25, -0.2) is 0 Å². The number of benzene rings is 1. The van der Waals surface area contributed by atoms with Crippen LogP contribution in [0.2, 0.25) is 0 Å². The lowest BCUT2D eigenvalue weighted by Crippen LogP contribution is -2.38. The lowest BCUT2D eigenvalue weighted by molar-refractivity contribution is -0.126. The van der Waals surface area contributed by atoms with Crippen LogP contribution in [0.5, 0.6) is 5.75 Å². The summed E-state index contributed by atoms with van der Waals surface area (Å²) in [7, 11) is 0. The molecule has 0 radical (unpaired) electrons. The van der Waals surface area contributed by atoms with Crippen LogP contribution in [0.25, 0.3) is 0 Å². The van der Waals surface area contributed by atoms with E-state index in [0.717, 1.165) is 24.2 Å². The number of thiophene rings is 1. The predicted molar refractivity (Wildman–Crippen MR) is 80.2 cm³/mol. The highest BCUT2D eigenvalue weighted by molar-refractivity contribution is 7.09. The van der Waals surface area contributed by atoms with Gasteiger partial charge in [-0.1, -0.05) is 24.3 Å². The van der Waals surface area contributed by atoms with E-state index in [4.69, 9.17) is 4.74 Å². The lowest BCUT2D eigenvalue weighted by atomic mass is 9.96. The summed E-state index contributed by atoms with van der Waals surface area (Å²) in [6.07, 6.45) is 1.66. The maximum absolute atomic E-state index is 12.1. The third kappa shape index (κ3) is 3.02. The fourth-order valence-corrected chi connectivity index (χ4v) is 3.11. The number of nitrogens with one attached hydrogen (secondary N) is 1. The maximum atomic E-state index is 12.1. The number of rotatable bonds is 4. The fourth-order valence-electron chi connectivity index (χ4n) is 2.40. The molecule has 2 aromatic rings. The van der Waals surface area contributed by atoms with Crippen LogP contribution in [0.1, 0.15) is 10.4 Å². The number of carbonyl (C=O) groups is 1. The molecule has 104 valence electrons. The second-order valence-electron chi connectivity index (χ2n) is 4.94. The van der Waals surface area contributed by atoms with Crippen molar-refractivity contribution in [1.29, 1.82) is 0 Å². The number of hydrogen-bond donors (Lipinski definition) is 1. The number of hydrogen-bond acceptors (Lipinski definition) is 3. The van der Waals surface area contributed by atoms with E-state index in [1.807, 2.05) is 30.3 Å². The van der Waals surface area contributed by atoms with E-state index >= 15 is 0 Å². The molecule has 0 spiro atoms. The number of para-hydroxylation sites is 1. The van der Waals surface area contributed by atoms with Crippen LogP contribution in [0.4, 0.5) is 0 Å². The van der Waals surface area contributed by atoms with E-state index in [-0.39, 0.29) is 11.8 Å². The Balaban J connectivity index is 1.51. The van der Waals surface area contributed by atoms with Crippen LogP contribution in [-0.4, -0.2) is 19.1 Å². The normalized spacial score (nSPS) is 17.1. The van der Waals surface area contributed by atoms with Gasteiger partial charge in [-0.15, -0.1) is 11.3 Å². The van der Waals surface area contributed by atoms with E-state index in [1.54, 1.807) is 11.3 Å². The predicted octanol–water partition coefficient (Wildman–Crippen LogP) is 2.66. The molecule has 1 aliphatic heterocycles. The first-order valence-electron chi connectivity index (χ1n) is 6.84. The molecule has 0 fully saturated rings. The van der Waals surface area contributed by atoms with Gasteiger partial charge in [0.05, 0.1) is 5.92 Å². The fraction of sp³-hybridized carbons (Fsp3) is 0.312. The van der Waals surface area contributed by atoms with Gasteiger partial charge in [0.15, 0.2) is 0 Å². The van der Waals surface area contributed by atoms with Crippen LogP contribution >= 0.6 is 11.3 Å². The van der Waals surface area contributed by atoms with Gasteiger partial charge in [-0.2, -0.15) is 0 Å². The zero-order chi connectivity index (χ0) is 13.8. The Bertz CT molecular complexity index is 580. The molecule has 1 aromatic carbocycles. The summed E-state index contributed by atoms with van der Waals surface area (Å²) >= 11 is 1.72. The van der Waals surface area contributed by atoms with E-state index < -0.39 is 0 Å². The van der Waals surface area contributed by atoms with Crippen LogP contribution in [0, 0.1) is 5.92 Å². The Morgan fingerprint density at radius 2 is 2.20 bits per heavy atom. The molecule has 0 bridgehead atoms. The summed E-state index contributed by atoms with van der Waals surface area (Å²) < 4.78 is 5.65. The van der Waals surface area contributed by atoms with Crippen LogP contribution in [-0.2, 0) is 17.6 Å². The van der Waals surface area contributed by atoms with Crippen LogP contribution < -0.4 is 10.1 Å². The first-order chi connectivity index (χ1) is 9.83. The highest BCUT2D eigenvalue weighted by atomic mass is 32.1. The quantitative estimate of drug-likeness (QED) is 0.939. The van der Waals surface area contributed by atoms with Crippen molar-refractivity contribution in [2.45, 2.75) is 12.8 Å². The Hall–Kier alpha value is -1.81. The van der Waals surface area contributed by atoms with Crippen molar-refractivity contribution >= 4 is 17.2 Å². The monoisotopic (exact) mass is 287 g/mol. The van der Waals surface area contributed by atoms with Crippen molar-refractivity contribution in [2.24, 2.45) is 5.92 Å². The van der Waals surface area contributed by atoms with E-state index in [2.05, 4.69) is 16.8 Å².